The van der Waals surface area contributed by atoms with Crippen LogP contribution in [0.5, 0.6) is 0 Å². The van der Waals surface area contributed by atoms with Crippen LogP contribution in [0.15, 0.2) is 24.3 Å². The topological polar surface area (TPSA) is 26.3 Å². The first-order valence-corrected chi connectivity index (χ1v) is 4.37. The van der Waals surface area contributed by atoms with E-state index in [1.54, 1.807) is 12.2 Å². The summed E-state index contributed by atoms with van der Waals surface area (Å²) in [5.74, 6) is 0.0920. The third-order valence-corrected chi connectivity index (χ3v) is 2.38. The lowest BCUT2D eigenvalue weighted by Gasteiger charge is -2.28. The highest BCUT2D eigenvalue weighted by molar-refractivity contribution is 6.00. The first-order chi connectivity index (χ1) is 5.77. The molecule has 0 radical (unpaired) electrons. The molecule has 2 heterocycles. The Hall–Kier alpha value is -0.890. The van der Waals surface area contributed by atoms with Gasteiger partial charge >= 0.3 is 0 Å². The number of rotatable bonds is 2. The monoisotopic (exact) mass is 164 g/mol. The van der Waals surface area contributed by atoms with E-state index < -0.39 is 5.60 Å². The molecule has 2 rings (SSSR count). The second-order valence-corrected chi connectivity index (χ2v) is 3.30. The number of fused-ring (bicyclic) bond motifs is 2. The highest BCUT2D eigenvalue weighted by Crippen LogP contribution is 2.33. The van der Waals surface area contributed by atoms with Gasteiger partial charge in [0.05, 0.1) is 6.10 Å². The highest BCUT2D eigenvalue weighted by Gasteiger charge is 2.42. The Morgan fingerprint density at radius 2 is 2.42 bits per heavy atom. The van der Waals surface area contributed by atoms with Crippen molar-refractivity contribution in [2.24, 2.45) is 0 Å². The molecule has 2 unspecified atom stereocenters. The zero-order valence-corrected chi connectivity index (χ0v) is 7.12. The molecule has 64 valence electrons. The summed E-state index contributed by atoms with van der Waals surface area (Å²) in [6.45, 7) is 2.06. The highest BCUT2D eigenvalue weighted by atomic mass is 16.5. The summed E-state index contributed by atoms with van der Waals surface area (Å²) in [5.41, 5.74) is -0.603. The van der Waals surface area contributed by atoms with Gasteiger partial charge in [-0.2, -0.15) is 0 Å². The van der Waals surface area contributed by atoms with Crippen molar-refractivity contribution in [3.05, 3.63) is 24.3 Å². The summed E-state index contributed by atoms with van der Waals surface area (Å²) < 4.78 is 5.59. The van der Waals surface area contributed by atoms with Crippen molar-refractivity contribution >= 4 is 5.78 Å². The van der Waals surface area contributed by atoms with Crippen molar-refractivity contribution in [1.29, 1.82) is 0 Å². The van der Waals surface area contributed by atoms with Gasteiger partial charge in [-0.1, -0.05) is 19.4 Å². The summed E-state index contributed by atoms with van der Waals surface area (Å²) in [6.07, 6.45) is 9.11. The minimum Gasteiger partial charge on any atom is -0.351 e. The molecular formula is C10H12O2. The number of ketones is 1. The fourth-order valence-electron chi connectivity index (χ4n) is 1.78. The van der Waals surface area contributed by atoms with E-state index >= 15 is 0 Å². The Bertz CT molecular complexity index is 265. The fraction of sp³-hybridized carbons (Fsp3) is 0.500. The maximum Gasteiger partial charge on any atom is 0.191 e. The molecular weight excluding hydrogens is 152 g/mol. The predicted molar refractivity (Wildman–Crippen MR) is 45.8 cm³/mol. The Balaban J connectivity index is 2.30. The molecule has 0 amide bonds. The van der Waals surface area contributed by atoms with Gasteiger partial charge in [-0.15, -0.1) is 0 Å². The van der Waals surface area contributed by atoms with Crippen LogP contribution in [0, 0.1) is 0 Å². The van der Waals surface area contributed by atoms with Gasteiger partial charge < -0.3 is 4.74 Å². The average molecular weight is 164 g/mol. The molecule has 0 saturated heterocycles. The lowest BCUT2D eigenvalue weighted by Crippen LogP contribution is -2.39. The third-order valence-electron chi connectivity index (χ3n) is 2.38. The van der Waals surface area contributed by atoms with Gasteiger partial charge in [0.1, 0.15) is 5.60 Å². The van der Waals surface area contributed by atoms with Crippen LogP contribution in [-0.2, 0) is 9.53 Å². The number of carbonyl (C=O) groups is 1. The average Bonchev–Trinajstić information content (AvgIpc) is 2.40. The zero-order valence-electron chi connectivity index (χ0n) is 7.12. The molecule has 2 aliphatic heterocycles. The number of hydrogen-bond acceptors (Lipinski definition) is 2. The quantitative estimate of drug-likeness (QED) is 0.580. The molecule has 2 aliphatic rings. The van der Waals surface area contributed by atoms with Gasteiger partial charge in [-0.3, -0.25) is 4.79 Å². The van der Waals surface area contributed by atoms with E-state index in [0.29, 0.717) is 0 Å². The van der Waals surface area contributed by atoms with Crippen molar-refractivity contribution in [2.75, 3.05) is 0 Å². The smallest absolute Gasteiger partial charge is 0.191 e. The summed E-state index contributed by atoms with van der Waals surface area (Å²) >= 11 is 0. The summed E-state index contributed by atoms with van der Waals surface area (Å²) in [5, 5.41) is 0. The second-order valence-electron chi connectivity index (χ2n) is 3.30. The fourth-order valence-corrected chi connectivity index (χ4v) is 1.78. The summed E-state index contributed by atoms with van der Waals surface area (Å²) in [4.78, 5) is 11.5. The van der Waals surface area contributed by atoms with Crippen LogP contribution in [0.3, 0.4) is 0 Å². The molecule has 0 spiro atoms. The van der Waals surface area contributed by atoms with Crippen molar-refractivity contribution in [2.45, 2.75) is 31.5 Å². The van der Waals surface area contributed by atoms with Crippen LogP contribution >= 0.6 is 0 Å². The van der Waals surface area contributed by atoms with Gasteiger partial charge in [0, 0.05) is 0 Å². The molecule has 0 aromatic carbocycles. The first kappa shape index (κ1) is 7.74. The first-order valence-electron chi connectivity index (χ1n) is 4.37. The van der Waals surface area contributed by atoms with Crippen LogP contribution in [0.25, 0.3) is 0 Å². The van der Waals surface area contributed by atoms with Crippen molar-refractivity contribution in [3.8, 4) is 0 Å². The Morgan fingerprint density at radius 3 is 3.17 bits per heavy atom. The molecule has 2 atom stereocenters. The minimum absolute atomic E-state index is 0.0363. The van der Waals surface area contributed by atoms with Gasteiger partial charge in [0.25, 0.3) is 0 Å². The standard InChI is InChI=1S/C10H12O2/c1-2-6-10-7-5-8(12-10)3-4-9(10)11/h3-5,7-8H,2,6H2,1H3. The van der Waals surface area contributed by atoms with Gasteiger partial charge in [0.15, 0.2) is 5.78 Å². The lowest BCUT2D eigenvalue weighted by atomic mass is 9.93. The Kier molecular flexibility index (Phi) is 1.65. The van der Waals surface area contributed by atoms with E-state index in [0.717, 1.165) is 12.8 Å². The molecule has 12 heavy (non-hydrogen) atoms. The number of carbonyl (C=O) groups excluding carboxylic acids is 1. The second kappa shape index (κ2) is 2.56. The minimum atomic E-state index is -0.603. The molecule has 0 N–H and O–H groups in total. The van der Waals surface area contributed by atoms with Crippen molar-refractivity contribution in [1.82, 2.24) is 0 Å². The van der Waals surface area contributed by atoms with Gasteiger partial charge in [-0.25, -0.2) is 0 Å². The molecule has 0 aliphatic carbocycles. The van der Waals surface area contributed by atoms with Crippen LogP contribution < -0.4 is 0 Å². The van der Waals surface area contributed by atoms with Crippen molar-refractivity contribution in [3.63, 3.8) is 0 Å². The van der Waals surface area contributed by atoms with E-state index in [2.05, 4.69) is 6.92 Å². The van der Waals surface area contributed by atoms with Gasteiger partial charge in [-0.05, 0) is 24.6 Å². The maximum absolute atomic E-state index is 11.5. The van der Waals surface area contributed by atoms with E-state index in [9.17, 15) is 4.79 Å². The van der Waals surface area contributed by atoms with Crippen LogP contribution in [-0.4, -0.2) is 17.5 Å². The van der Waals surface area contributed by atoms with Crippen LogP contribution in [0.4, 0.5) is 0 Å². The SMILES string of the molecule is CCCC12C=CC(C=CC1=O)O2. The van der Waals surface area contributed by atoms with Crippen LogP contribution in [0.1, 0.15) is 19.8 Å². The Morgan fingerprint density at radius 1 is 1.58 bits per heavy atom. The predicted octanol–water partition coefficient (Wildman–Crippen LogP) is 1.62. The van der Waals surface area contributed by atoms with E-state index in [4.69, 9.17) is 4.74 Å². The summed E-state index contributed by atoms with van der Waals surface area (Å²) in [7, 11) is 0. The zero-order chi connectivity index (χ0) is 8.60. The largest absolute Gasteiger partial charge is 0.351 e. The van der Waals surface area contributed by atoms with E-state index in [1.165, 1.54) is 0 Å². The van der Waals surface area contributed by atoms with Crippen LogP contribution in [0.2, 0.25) is 0 Å². The van der Waals surface area contributed by atoms with E-state index in [-0.39, 0.29) is 11.9 Å². The molecule has 0 aromatic heterocycles. The molecule has 2 heteroatoms. The maximum atomic E-state index is 11.5. The number of ether oxygens (including phenoxy) is 1. The van der Waals surface area contributed by atoms with Gasteiger partial charge in [0.2, 0.25) is 0 Å². The van der Waals surface area contributed by atoms with E-state index in [1.807, 2.05) is 12.2 Å². The number of hydrogen-bond donors (Lipinski definition) is 0. The molecule has 0 saturated carbocycles. The summed E-state index contributed by atoms with van der Waals surface area (Å²) in [6, 6.07) is 0. The Labute approximate surface area is 71.9 Å². The lowest BCUT2D eigenvalue weighted by molar-refractivity contribution is -0.135. The molecule has 2 nitrogen and oxygen atoms in total. The molecule has 0 fully saturated rings. The van der Waals surface area contributed by atoms with Crippen molar-refractivity contribution < 1.29 is 9.53 Å². The molecule has 0 aromatic rings. The normalized spacial score (nSPS) is 37.8. The third kappa shape index (κ3) is 0.950. The molecule has 2 bridgehead atoms.